The van der Waals surface area contributed by atoms with Crippen LogP contribution < -0.4 is 9.47 Å². The van der Waals surface area contributed by atoms with Gasteiger partial charge in [0, 0.05) is 38.3 Å². The Morgan fingerprint density at radius 2 is 1.22 bits per heavy atom. The van der Waals surface area contributed by atoms with E-state index in [9.17, 15) is 26.7 Å². The molecule has 4 aromatic carbocycles. The van der Waals surface area contributed by atoms with Crippen molar-refractivity contribution in [2.45, 2.75) is 12.2 Å². The molecule has 0 spiro atoms. The lowest BCUT2D eigenvalue weighted by atomic mass is 9.96. The fourth-order valence-electron chi connectivity index (χ4n) is 4.73. The first-order valence-electron chi connectivity index (χ1n) is 12.8. The molecule has 0 aliphatic carbocycles. The second-order valence-corrected chi connectivity index (χ2v) is 9.46. The molecule has 212 valence electrons. The molecule has 1 fully saturated rings. The van der Waals surface area contributed by atoms with Crippen LogP contribution in [0.1, 0.15) is 22.7 Å². The van der Waals surface area contributed by atoms with Crippen molar-refractivity contribution >= 4 is 6.09 Å². The van der Waals surface area contributed by atoms with Gasteiger partial charge in [-0.2, -0.15) is 8.78 Å². The van der Waals surface area contributed by atoms with E-state index in [0.717, 1.165) is 35.4 Å². The Morgan fingerprint density at radius 3 is 1.73 bits per heavy atom. The largest absolute Gasteiger partial charge is 0.429 e. The van der Waals surface area contributed by atoms with Gasteiger partial charge in [-0.15, -0.1) is 0 Å². The van der Waals surface area contributed by atoms with Crippen molar-refractivity contribution in [1.29, 1.82) is 0 Å². The molecular weight excluding hydrogens is 543 g/mol. The molecule has 1 aliphatic rings. The predicted octanol–water partition coefficient (Wildman–Crippen LogP) is 7.14. The number of ether oxygens (including phenoxy) is 2. The molecule has 1 amide bonds. The molecule has 0 aromatic heterocycles. The number of halogens is 5. The van der Waals surface area contributed by atoms with E-state index in [1.165, 1.54) is 0 Å². The van der Waals surface area contributed by atoms with Crippen molar-refractivity contribution in [2.75, 3.05) is 26.2 Å². The maximum absolute atomic E-state index is 14.6. The smallest absolute Gasteiger partial charge is 0.426 e. The third-order valence-electron chi connectivity index (χ3n) is 6.77. The standard InChI is InChI=1S/C31H25F5N2O3/c32-26-19-25(20-27(33)28(26)34)41-31(35,36)23-11-13-24(14-12-23)40-30(39)38-17-15-37(16-18-38)29(21-7-3-1-4-8-21)22-9-5-2-6-10-22/h1-14,19-20,29H,15-18H2. The highest BCUT2D eigenvalue weighted by molar-refractivity contribution is 5.70. The summed E-state index contributed by atoms with van der Waals surface area (Å²) in [4.78, 5) is 16.7. The SMILES string of the molecule is O=C(Oc1ccc(C(F)(F)Oc2cc(F)c(F)c(F)c2)cc1)N1CCN(C(c2ccccc2)c2ccccc2)CC1. The summed E-state index contributed by atoms with van der Waals surface area (Å²) in [5.41, 5.74) is 1.62. The van der Waals surface area contributed by atoms with Crippen LogP contribution in [0.3, 0.4) is 0 Å². The highest BCUT2D eigenvalue weighted by Gasteiger charge is 2.35. The molecule has 5 rings (SSSR count). The molecule has 0 unspecified atom stereocenters. The summed E-state index contributed by atoms with van der Waals surface area (Å²) in [5.74, 6) is -5.96. The summed E-state index contributed by atoms with van der Waals surface area (Å²) in [6.45, 7) is 2.00. The minimum absolute atomic E-state index is 0.0231. The number of carbonyl (C=O) groups excluding carboxylic acids is 1. The lowest BCUT2D eigenvalue weighted by Crippen LogP contribution is -2.50. The Hall–Kier alpha value is -4.44. The molecule has 0 bridgehead atoms. The molecule has 10 heteroatoms. The first-order chi connectivity index (χ1) is 19.7. The quantitative estimate of drug-likeness (QED) is 0.176. The second kappa shape index (κ2) is 12.0. The average molecular weight is 569 g/mol. The second-order valence-electron chi connectivity index (χ2n) is 9.46. The average Bonchev–Trinajstić information content (AvgIpc) is 2.97. The number of nitrogens with zero attached hydrogens (tertiary/aromatic N) is 2. The third kappa shape index (κ3) is 6.49. The Morgan fingerprint density at radius 1 is 0.707 bits per heavy atom. The summed E-state index contributed by atoms with van der Waals surface area (Å²) < 4.78 is 78.8. The maximum atomic E-state index is 14.6. The molecule has 0 saturated carbocycles. The van der Waals surface area contributed by atoms with Gasteiger partial charge in [0.25, 0.3) is 0 Å². The predicted molar refractivity (Wildman–Crippen MR) is 141 cm³/mol. The highest BCUT2D eigenvalue weighted by Crippen LogP contribution is 2.34. The fourth-order valence-corrected chi connectivity index (χ4v) is 4.73. The van der Waals surface area contributed by atoms with Gasteiger partial charge in [-0.1, -0.05) is 60.7 Å². The summed E-state index contributed by atoms with van der Waals surface area (Å²) >= 11 is 0. The number of alkyl halides is 2. The van der Waals surface area contributed by atoms with Crippen molar-refractivity contribution in [3.8, 4) is 11.5 Å². The minimum atomic E-state index is -4.00. The van der Waals surface area contributed by atoms with Crippen LogP contribution in [-0.2, 0) is 6.11 Å². The van der Waals surface area contributed by atoms with Crippen LogP contribution in [0, 0.1) is 17.5 Å². The summed E-state index contributed by atoms with van der Waals surface area (Å²) in [6.07, 6.45) is -4.61. The van der Waals surface area contributed by atoms with Gasteiger partial charge >= 0.3 is 12.2 Å². The van der Waals surface area contributed by atoms with Crippen LogP contribution >= 0.6 is 0 Å². The first-order valence-corrected chi connectivity index (χ1v) is 12.8. The summed E-state index contributed by atoms with van der Waals surface area (Å²) in [6, 6.07) is 25.1. The van der Waals surface area contributed by atoms with Crippen LogP contribution in [-0.4, -0.2) is 42.1 Å². The van der Waals surface area contributed by atoms with Crippen molar-refractivity contribution < 1.29 is 36.2 Å². The normalized spacial score (nSPS) is 14.2. The van der Waals surface area contributed by atoms with E-state index in [0.29, 0.717) is 38.3 Å². The molecule has 1 aliphatic heterocycles. The maximum Gasteiger partial charge on any atom is 0.426 e. The van der Waals surface area contributed by atoms with Gasteiger partial charge in [-0.3, -0.25) is 4.90 Å². The monoisotopic (exact) mass is 568 g/mol. The van der Waals surface area contributed by atoms with Gasteiger partial charge in [0.1, 0.15) is 11.5 Å². The number of piperazine rings is 1. The van der Waals surface area contributed by atoms with Crippen LogP contribution in [0.15, 0.2) is 97.1 Å². The van der Waals surface area contributed by atoms with Crippen LogP contribution in [0.25, 0.3) is 0 Å². The van der Waals surface area contributed by atoms with E-state index < -0.39 is 41.0 Å². The van der Waals surface area contributed by atoms with E-state index in [4.69, 9.17) is 4.74 Å². The van der Waals surface area contributed by atoms with Gasteiger partial charge < -0.3 is 14.4 Å². The van der Waals surface area contributed by atoms with Crippen molar-refractivity contribution in [3.05, 3.63) is 131 Å². The van der Waals surface area contributed by atoms with Gasteiger partial charge in [0.15, 0.2) is 17.5 Å². The van der Waals surface area contributed by atoms with E-state index in [-0.39, 0.29) is 11.8 Å². The number of hydrogen-bond donors (Lipinski definition) is 0. The van der Waals surface area contributed by atoms with Crippen molar-refractivity contribution in [3.63, 3.8) is 0 Å². The van der Waals surface area contributed by atoms with Crippen molar-refractivity contribution in [2.24, 2.45) is 0 Å². The number of amides is 1. The highest BCUT2D eigenvalue weighted by atomic mass is 19.3. The zero-order chi connectivity index (χ0) is 29.0. The van der Waals surface area contributed by atoms with Crippen LogP contribution in [0.4, 0.5) is 26.7 Å². The Kier molecular flexibility index (Phi) is 8.21. The zero-order valence-corrected chi connectivity index (χ0v) is 21.7. The lowest BCUT2D eigenvalue weighted by molar-refractivity contribution is -0.185. The molecule has 41 heavy (non-hydrogen) atoms. The molecule has 5 nitrogen and oxygen atoms in total. The topological polar surface area (TPSA) is 42.0 Å². The van der Waals surface area contributed by atoms with Crippen LogP contribution in [0.5, 0.6) is 11.5 Å². The molecule has 0 radical (unpaired) electrons. The Labute approximate surface area is 233 Å². The van der Waals surface area contributed by atoms with E-state index in [2.05, 4.69) is 33.9 Å². The minimum Gasteiger partial charge on any atom is -0.429 e. The molecule has 1 heterocycles. The number of hydrogen-bond acceptors (Lipinski definition) is 4. The molecule has 4 aromatic rings. The first kappa shape index (κ1) is 28.1. The van der Waals surface area contributed by atoms with Gasteiger partial charge in [-0.25, -0.2) is 18.0 Å². The van der Waals surface area contributed by atoms with Gasteiger partial charge in [0.2, 0.25) is 0 Å². The van der Waals surface area contributed by atoms with E-state index >= 15 is 0 Å². The Balaban J connectivity index is 1.20. The number of benzene rings is 4. The molecule has 0 atom stereocenters. The third-order valence-corrected chi connectivity index (χ3v) is 6.77. The van der Waals surface area contributed by atoms with E-state index in [1.807, 2.05) is 36.4 Å². The number of carbonyl (C=O) groups is 1. The zero-order valence-electron chi connectivity index (χ0n) is 21.7. The van der Waals surface area contributed by atoms with Gasteiger partial charge in [0.05, 0.1) is 11.6 Å². The fraction of sp³-hybridized carbons (Fsp3) is 0.194. The molecular formula is C31H25F5N2O3. The molecule has 0 N–H and O–H groups in total. The van der Waals surface area contributed by atoms with Gasteiger partial charge in [-0.05, 0) is 35.4 Å². The molecule has 1 saturated heterocycles. The Bertz CT molecular complexity index is 1420. The van der Waals surface area contributed by atoms with E-state index in [1.54, 1.807) is 4.90 Å². The van der Waals surface area contributed by atoms with Crippen molar-refractivity contribution in [1.82, 2.24) is 9.80 Å². The lowest BCUT2D eigenvalue weighted by Gasteiger charge is -2.39. The van der Waals surface area contributed by atoms with Crippen LogP contribution in [0.2, 0.25) is 0 Å². The number of rotatable bonds is 7. The summed E-state index contributed by atoms with van der Waals surface area (Å²) in [5, 5.41) is 0. The summed E-state index contributed by atoms with van der Waals surface area (Å²) in [7, 11) is 0.